The first-order valence-corrected chi connectivity index (χ1v) is 10.3. The van der Waals surface area contributed by atoms with Crippen molar-refractivity contribution in [2.75, 3.05) is 0 Å². The maximum Gasteiger partial charge on any atom is -0.0227 e. The molecule has 2 atom stereocenters. The van der Waals surface area contributed by atoms with Crippen LogP contribution in [0.5, 0.6) is 0 Å². The number of allylic oxidation sites excluding steroid dienone is 1. The largest absolute Gasteiger partial charge is 0.134 e. The molecule has 1 heteroatoms. The molecule has 0 aliphatic rings. The second kappa shape index (κ2) is 16.5. The van der Waals surface area contributed by atoms with Gasteiger partial charge in [-0.2, -0.15) is 0 Å². The fraction of sp³-hybridized carbons (Fsp3) is 0.900. The summed E-state index contributed by atoms with van der Waals surface area (Å²) in [4.78, 5) is 0. The summed E-state index contributed by atoms with van der Waals surface area (Å²) < 4.78 is 0. The van der Waals surface area contributed by atoms with Gasteiger partial charge in [0.25, 0.3) is 0 Å². The lowest BCUT2D eigenvalue weighted by Crippen LogP contribution is -1.98. The molecule has 0 aromatic heterocycles. The van der Waals surface area contributed by atoms with E-state index in [1.807, 2.05) is 0 Å². The number of hydrogen-bond acceptors (Lipinski definition) is 0. The average Bonchev–Trinajstić information content (AvgIpc) is 2.45. The van der Waals surface area contributed by atoms with E-state index in [9.17, 15) is 0 Å². The minimum Gasteiger partial charge on any atom is -0.134 e. The first kappa shape index (κ1) is 21.2. The lowest BCUT2D eigenvalue weighted by Gasteiger charge is -2.12. The standard InChI is InChI=1S/C20H41P/c1-4-6-7-8-9-10-11-12-13-14-15-17-19(3)18-20(21)16-5-2/h20H,3-18,21H2,1-2H3. The molecule has 0 heterocycles. The van der Waals surface area contributed by atoms with Crippen LogP contribution in [-0.2, 0) is 0 Å². The van der Waals surface area contributed by atoms with Gasteiger partial charge in [0, 0.05) is 0 Å². The van der Waals surface area contributed by atoms with Gasteiger partial charge in [-0.25, -0.2) is 0 Å². The predicted octanol–water partition coefficient (Wildman–Crippen LogP) is 7.68. The molecule has 126 valence electrons. The molecule has 0 rings (SSSR count). The van der Waals surface area contributed by atoms with E-state index in [1.54, 1.807) is 0 Å². The van der Waals surface area contributed by atoms with Gasteiger partial charge in [0.05, 0.1) is 0 Å². The van der Waals surface area contributed by atoms with Gasteiger partial charge in [0.15, 0.2) is 0 Å². The summed E-state index contributed by atoms with van der Waals surface area (Å²) in [5.41, 5.74) is 2.23. The smallest absolute Gasteiger partial charge is 0.0227 e. The molecule has 0 amide bonds. The van der Waals surface area contributed by atoms with Crippen LogP contribution < -0.4 is 0 Å². The Balaban J connectivity index is 3.19. The van der Waals surface area contributed by atoms with Gasteiger partial charge in [0.2, 0.25) is 0 Å². The molecule has 21 heavy (non-hydrogen) atoms. The third-order valence-electron chi connectivity index (χ3n) is 4.34. The van der Waals surface area contributed by atoms with E-state index in [1.165, 1.54) is 102 Å². The summed E-state index contributed by atoms with van der Waals surface area (Å²) >= 11 is 0. The fourth-order valence-electron chi connectivity index (χ4n) is 2.98. The second-order valence-electron chi connectivity index (χ2n) is 6.79. The Hall–Kier alpha value is 0.170. The van der Waals surface area contributed by atoms with Crippen LogP contribution in [0.3, 0.4) is 0 Å². The fourth-order valence-corrected chi connectivity index (χ4v) is 3.65. The Labute approximate surface area is 137 Å². The normalized spacial score (nSPS) is 12.5. The van der Waals surface area contributed by atoms with Gasteiger partial charge in [-0.05, 0) is 31.3 Å². The molecule has 0 aliphatic heterocycles. The molecule has 0 N–H and O–H groups in total. The Morgan fingerprint density at radius 3 is 1.71 bits per heavy atom. The summed E-state index contributed by atoms with van der Waals surface area (Å²) in [5, 5.41) is 0. The zero-order chi connectivity index (χ0) is 15.8. The van der Waals surface area contributed by atoms with Gasteiger partial charge in [-0.3, -0.25) is 0 Å². The molecule has 0 fully saturated rings. The van der Waals surface area contributed by atoms with Crippen LogP contribution in [-0.4, -0.2) is 5.66 Å². The summed E-state index contributed by atoms with van der Waals surface area (Å²) in [5.74, 6) is 0. The number of rotatable bonds is 16. The molecule has 0 aliphatic carbocycles. The Morgan fingerprint density at radius 2 is 1.24 bits per heavy atom. The average molecular weight is 313 g/mol. The van der Waals surface area contributed by atoms with E-state index in [2.05, 4.69) is 29.7 Å². The predicted molar refractivity (Wildman–Crippen MR) is 103 cm³/mol. The molecule has 0 saturated carbocycles. The molecule has 0 aromatic rings. The van der Waals surface area contributed by atoms with E-state index in [0.717, 1.165) is 5.66 Å². The highest BCUT2D eigenvalue weighted by Gasteiger charge is 2.03. The minimum absolute atomic E-state index is 0.759. The molecule has 0 saturated heterocycles. The highest BCUT2D eigenvalue weighted by atomic mass is 31.0. The number of unbranched alkanes of at least 4 members (excludes halogenated alkanes) is 10. The van der Waals surface area contributed by atoms with E-state index in [4.69, 9.17) is 0 Å². The van der Waals surface area contributed by atoms with Crippen LogP contribution in [0, 0.1) is 0 Å². The van der Waals surface area contributed by atoms with Gasteiger partial charge in [-0.1, -0.05) is 96.6 Å². The van der Waals surface area contributed by atoms with Crippen LogP contribution in [0.15, 0.2) is 12.2 Å². The van der Waals surface area contributed by atoms with Gasteiger partial charge in [-0.15, -0.1) is 9.24 Å². The van der Waals surface area contributed by atoms with Crippen LogP contribution in [0.2, 0.25) is 0 Å². The summed E-state index contributed by atoms with van der Waals surface area (Å²) in [6.07, 6.45) is 20.8. The van der Waals surface area contributed by atoms with Crippen molar-refractivity contribution < 1.29 is 0 Å². The van der Waals surface area contributed by atoms with Gasteiger partial charge < -0.3 is 0 Å². The van der Waals surface area contributed by atoms with Crippen LogP contribution in [0.4, 0.5) is 0 Å². The summed E-state index contributed by atoms with van der Waals surface area (Å²) in [6, 6.07) is 0. The van der Waals surface area contributed by atoms with Crippen LogP contribution >= 0.6 is 9.24 Å². The zero-order valence-corrected chi connectivity index (χ0v) is 16.1. The SMILES string of the molecule is C=C(CCCCCCCCCCCCC)CC(P)CCC. The van der Waals surface area contributed by atoms with E-state index in [-0.39, 0.29) is 0 Å². The highest BCUT2D eigenvalue weighted by Crippen LogP contribution is 2.21. The van der Waals surface area contributed by atoms with E-state index >= 15 is 0 Å². The van der Waals surface area contributed by atoms with Crippen molar-refractivity contribution in [2.45, 2.75) is 116 Å². The molecule has 2 unspecified atom stereocenters. The van der Waals surface area contributed by atoms with Crippen molar-refractivity contribution in [3.05, 3.63) is 12.2 Å². The van der Waals surface area contributed by atoms with E-state index in [0.29, 0.717) is 0 Å². The second-order valence-corrected chi connectivity index (χ2v) is 7.73. The van der Waals surface area contributed by atoms with Crippen molar-refractivity contribution in [3.63, 3.8) is 0 Å². The highest BCUT2D eigenvalue weighted by molar-refractivity contribution is 7.17. The molecule has 0 nitrogen and oxygen atoms in total. The van der Waals surface area contributed by atoms with Crippen LogP contribution in [0.25, 0.3) is 0 Å². The lowest BCUT2D eigenvalue weighted by atomic mass is 10.0. The molecular formula is C20H41P. The molecular weight excluding hydrogens is 271 g/mol. The topological polar surface area (TPSA) is 0 Å². The van der Waals surface area contributed by atoms with Crippen molar-refractivity contribution >= 4 is 9.24 Å². The molecule has 0 bridgehead atoms. The van der Waals surface area contributed by atoms with Crippen molar-refractivity contribution in [1.29, 1.82) is 0 Å². The van der Waals surface area contributed by atoms with Gasteiger partial charge >= 0.3 is 0 Å². The minimum atomic E-state index is 0.759. The van der Waals surface area contributed by atoms with Crippen LogP contribution in [0.1, 0.15) is 110 Å². The maximum atomic E-state index is 4.25. The third-order valence-corrected chi connectivity index (χ3v) is 4.91. The Kier molecular flexibility index (Phi) is 16.7. The molecule has 0 aromatic carbocycles. The quantitative estimate of drug-likeness (QED) is 0.156. The molecule has 0 radical (unpaired) electrons. The first-order valence-electron chi connectivity index (χ1n) is 9.62. The first-order chi connectivity index (χ1) is 10.2. The summed E-state index contributed by atoms with van der Waals surface area (Å²) in [6.45, 7) is 8.80. The molecule has 0 spiro atoms. The number of hydrogen-bond donors (Lipinski definition) is 0. The van der Waals surface area contributed by atoms with Crippen molar-refractivity contribution in [2.24, 2.45) is 0 Å². The maximum absolute atomic E-state index is 4.25. The Bertz CT molecular complexity index is 222. The van der Waals surface area contributed by atoms with Gasteiger partial charge in [0.1, 0.15) is 0 Å². The Morgan fingerprint density at radius 1 is 0.762 bits per heavy atom. The van der Waals surface area contributed by atoms with E-state index < -0.39 is 0 Å². The van der Waals surface area contributed by atoms with Crippen molar-refractivity contribution in [3.8, 4) is 0 Å². The zero-order valence-electron chi connectivity index (χ0n) is 15.0. The lowest BCUT2D eigenvalue weighted by molar-refractivity contribution is 0.547. The third kappa shape index (κ3) is 16.4. The summed E-state index contributed by atoms with van der Waals surface area (Å²) in [7, 11) is 2.98. The van der Waals surface area contributed by atoms with Crippen molar-refractivity contribution in [1.82, 2.24) is 0 Å². The monoisotopic (exact) mass is 312 g/mol.